The first-order valence-electron chi connectivity index (χ1n) is 6.00. The van der Waals surface area contributed by atoms with Crippen LogP contribution in [0.5, 0.6) is 0 Å². The number of nitrogens with zero attached hydrogens (tertiary/aromatic N) is 5. The van der Waals surface area contributed by atoms with Crippen molar-refractivity contribution in [3.63, 3.8) is 0 Å². The smallest absolute Gasteiger partial charge is 0.241 e. The Kier molecular flexibility index (Phi) is 2.79. The van der Waals surface area contributed by atoms with E-state index in [0.29, 0.717) is 11.5 Å². The van der Waals surface area contributed by atoms with E-state index in [1.807, 2.05) is 4.90 Å². The van der Waals surface area contributed by atoms with Gasteiger partial charge in [0.05, 0.1) is 6.54 Å². The molecular formula is C11H14N6O. The summed E-state index contributed by atoms with van der Waals surface area (Å²) in [4.78, 5) is 17.9. The van der Waals surface area contributed by atoms with Gasteiger partial charge in [-0.2, -0.15) is 0 Å². The van der Waals surface area contributed by atoms with Gasteiger partial charge in [-0.3, -0.25) is 9.20 Å². The first kappa shape index (κ1) is 10.9. The van der Waals surface area contributed by atoms with Crippen LogP contribution in [0.1, 0.15) is 12.8 Å². The second-order valence-electron chi connectivity index (χ2n) is 4.28. The molecule has 3 rings (SSSR count). The molecule has 1 N–H and O–H groups in total. The molecule has 1 fully saturated rings. The summed E-state index contributed by atoms with van der Waals surface area (Å²) >= 11 is 0. The molecule has 2 aromatic rings. The Morgan fingerprint density at radius 3 is 3.06 bits per heavy atom. The summed E-state index contributed by atoms with van der Waals surface area (Å²) < 4.78 is 1.76. The molecule has 0 aliphatic carbocycles. The van der Waals surface area contributed by atoms with E-state index in [0.717, 1.165) is 25.9 Å². The van der Waals surface area contributed by atoms with Crippen LogP contribution in [0.2, 0.25) is 0 Å². The van der Waals surface area contributed by atoms with Gasteiger partial charge in [0.2, 0.25) is 11.6 Å². The first-order chi connectivity index (χ1) is 8.84. The molecule has 1 aliphatic heterocycles. The normalized spacial score (nSPS) is 15.2. The number of carbonyl (C=O) groups is 1. The molecular weight excluding hydrogens is 232 g/mol. The Hall–Kier alpha value is -2.18. The molecule has 1 amide bonds. The van der Waals surface area contributed by atoms with Crippen molar-refractivity contribution in [2.75, 3.05) is 25.0 Å². The molecule has 0 unspecified atom stereocenters. The van der Waals surface area contributed by atoms with Crippen molar-refractivity contribution in [2.24, 2.45) is 0 Å². The van der Waals surface area contributed by atoms with Gasteiger partial charge in [-0.1, -0.05) is 0 Å². The largest absolute Gasteiger partial charge is 0.358 e. The topological polar surface area (TPSA) is 75.4 Å². The van der Waals surface area contributed by atoms with E-state index in [1.165, 1.54) is 0 Å². The third kappa shape index (κ3) is 1.99. The molecule has 0 spiro atoms. The lowest BCUT2D eigenvalue weighted by Crippen LogP contribution is -2.33. The highest BCUT2D eigenvalue weighted by Gasteiger charge is 2.17. The number of rotatable bonds is 3. The number of carbonyl (C=O) groups excluding carboxylic acids is 1. The molecule has 0 saturated carbocycles. The molecule has 0 bridgehead atoms. The summed E-state index contributed by atoms with van der Waals surface area (Å²) in [5, 5.41) is 10.8. The van der Waals surface area contributed by atoms with E-state index >= 15 is 0 Å². The summed E-state index contributed by atoms with van der Waals surface area (Å²) in [6, 6.07) is 0. The van der Waals surface area contributed by atoms with Crippen LogP contribution in [0.4, 0.5) is 5.82 Å². The number of aromatic nitrogens is 4. The minimum absolute atomic E-state index is 0.107. The highest BCUT2D eigenvalue weighted by Crippen LogP contribution is 2.11. The Morgan fingerprint density at radius 2 is 2.22 bits per heavy atom. The zero-order valence-corrected chi connectivity index (χ0v) is 9.91. The summed E-state index contributed by atoms with van der Waals surface area (Å²) in [6.07, 6.45) is 7.22. The predicted molar refractivity (Wildman–Crippen MR) is 65.1 cm³/mol. The molecule has 1 aliphatic rings. The van der Waals surface area contributed by atoms with E-state index < -0.39 is 0 Å². The number of amides is 1. The fourth-order valence-electron chi connectivity index (χ4n) is 2.12. The maximum absolute atomic E-state index is 11.9. The van der Waals surface area contributed by atoms with Crippen LogP contribution in [0.3, 0.4) is 0 Å². The van der Waals surface area contributed by atoms with Gasteiger partial charge in [0.15, 0.2) is 5.82 Å². The molecule has 94 valence electrons. The minimum atomic E-state index is 0.107. The first-order valence-corrected chi connectivity index (χ1v) is 6.00. The molecule has 1 saturated heterocycles. The molecule has 0 radical (unpaired) electrons. The lowest BCUT2D eigenvalue weighted by atomic mass is 10.4. The standard InChI is InChI=1S/C11H14N6O/c18-9(16-4-1-2-5-16)7-13-10-11-15-14-8-17(11)6-3-12-10/h3,6,8H,1-2,4-5,7H2,(H,12,13). The van der Waals surface area contributed by atoms with Crippen molar-refractivity contribution in [3.05, 3.63) is 18.7 Å². The van der Waals surface area contributed by atoms with Gasteiger partial charge < -0.3 is 10.2 Å². The monoisotopic (exact) mass is 246 g/mol. The van der Waals surface area contributed by atoms with Crippen molar-refractivity contribution in [1.82, 2.24) is 24.5 Å². The molecule has 2 aromatic heterocycles. The zero-order valence-electron chi connectivity index (χ0n) is 9.91. The number of anilines is 1. The van der Waals surface area contributed by atoms with Gasteiger partial charge in [-0.05, 0) is 12.8 Å². The van der Waals surface area contributed by atoms with E-state index in [1.54, 1.807) is 23.1 Å². The average Bonchev–Trinajstić information content (AvgIpc) is 3.05. The van der Waals surface area contributed by atoms with Crippen LogP contribution in [0.25, 0.3) is 5.65 Å². The molecule has 0 atom stereocenters. The molecule has 18 heavy (non-hydrogen) atoms. The Labute approximate surface area is 104 Å². The highest BCUT2D eigenvalue weighted by molar-refractivity contribution is 5.81. The SMILES string of the molecule is O=C(CNc1nccn2cnnc12)N1CCCC1. The van der Waals surface area contributed by atoms with Gasteiger partial charge in [-0.15, -0.1) is 10.2 Å². The molecule has 0 aromatic carbocycles. The second-order valence-corrected chi connectivity index (χ2v) is 4.28. The second kappa shape index (κ2) is 4.59. The van der Waals surface area contributed by atoms with Gasteiger partial charge in [0.1, 0.15) is 6.33 Å². The molecule has 3 heterocycles. The van der Waals surface area contributed by atoms with Gasteiger partial charge in [0, 0.05) is 25.5 Å². The molecule has 7 nitrogen and oxygen atoms in total. The van der Waals surface area contributed by atoms with Gasteiger partial charge in [-0.25, -0.2) is 4.98 Å². The third-order valence-corrected chi connectivity index (χ3v) is 3.08. The number of likely N-dealkylation sites (tertiary alicyclic amines) is 1. The van der Waals surface area contributed by atoms with Crippen molar-refractivity contribution >= 4 is 17.4 Å². The Morgan fingerprint density at radius 1 is 1.39 bits per heavy atom. The van der Waals surface area contributed by atoms with Crippen LogP contribution in [0.15, 0.2) is 18.7 Å². The average molecular weight is 246 g/mol. The number of nitrogens with one attached hydrogen (secondary N) is 1. The van der Waals surface area contributed by atoms with E-state index in [9.17, 15) is 4.79 Å². The Bertz CT molecular complexity index is 559. The number of hydrogen-bond donors (Lipinski definition) is 1. The van der Waals surface area contributed by atoms with Crippen LogP contribution < -0.4 is 5.32 Å². The number of hydrogen-bond acceptors (Lipinski definition) is 5. The van der Waals surface area contributed by atoms with Gasteiger partial charge >= 0.3 is 0 Å². The quantitative estimate of drug-likeness (QED) is 0.834. The van der Waals surface area contributed by atoms with Crippen LogP contribution in [0, 0.1) is 0 Å². The lowest BCUT2D eigenvalue weighted by molar-refractivity contribution is -0.128. The highest BCUT2D eigenvalue weighted by atomic mass is 16.2. The fourth-order valence-corrected chi connectivity index (χ4v) is 2.12. The van der Waals surface area contributed by atoms with Crippen LogP contribution >= 0.6 is 0 Å². The number of fused-ring (bicyclic) bond motifs is 1. The fraction of sp³-hybridized carbons (Fsp3) is 0.455. The van der Waals surface area contributed by atoms with Gasteiger partial charge in [0.25, 0.3) is 0 Å². The Balaban J connectivity index is 1.69. The summed E-state index contributed by atoms with van der Waals surface area (Å²) in [6.45, 7) is 1.98. The van der Waals surface area contributed by atoms with Crippen LogP contribution in [-0.4, -0.2) is 50.0 Å². The van der Waals surface area contributed by atoms with Crippen LogP contribution in [-0.2, 0) is 4.79 Å². The van der Waals surface area contributed by atoms with E-state index in [2.05, 4.69) is 20.5 Å². The zero-order chi connectivity index (χ0) is 12.4. The van der Waals surface area contributed by atoms with Crippen molar-refractivity contribution < 1.29 is 4.79 Å². The summed E-state index contributed by atoms with van der Waals surface area (Å²) in [5.74, 6) is 0.693. The minimum Gasteiger partial charge on any atom is -0.358 e. The third-order valence-electron chi connectivity index (χ3n) is 3.08. The lowest BCUT2D eigenvalue weighted by Gasteiger charge is -2.15. The van der Waals surface area contributed by atoms with E-state index in [-0.39, 0.29) is 12.5 Å². The summed E-state index contributed by atoms with van der Waals surface area (Å²) in [5.41, 5.74) is 0.631. The van der Waals surface area contributed by atoms with Crippen molar-refractivity contribution in [1.29, 1.82) is 0 Å². The van der Waals surface area contributed by atoms with Crippen molar-refractivity contribution in [2.45, 2.75) is 12.8 Å². The maximum Gasteiger partial charge on any atom is 0.241 e. The predicted octanol–water partition coefficient (Wildman–Crippen LogP) is 0.159. The molecule has 7 heteroatoms. The summed E-state index contributed by atoms with van der Waals surface area (Å²) in [7, 11) is 0. The van der Waals surface area contributed by atoms with E-state index in [4.69, 9.17) is 0 Å². The maximum atomic E-state index is 11.9. The van der Waals surface area contributed by atoms with Crippen molar-refractivity contribution in [3.8, 4) is 0 Å².